The van der Waals surface area contributed by atoms with Crippen LogP contribution in [0.5, 0.6) is 0 Å². The van der Waals surface area contributed by atoms with E-state index >= 15 is 0 Å². The predicted molar refractivity (Wildman–Crippen MR) is 97.1 cm³/mol. The Morgan fingerprint density at radius 1 is 1.17 bits per heavy atom. The number of hydrogen-bond acceptors (Lipinski definition) is 3. The fourth-order valence-electron chi connectivity index (χ4n) is 1.97. The van der Waals surface area contributed by atoms with Crippen LogP contribution in [0.25, 0.3) is 5.70 Å². The van der Waals surface area contributed by atoms with E-state index in [0.717, 1.165) is 11.1 Å². The van der Waals surface area contributed by atoms with Gasteiger partial charge in [-0.25, -0.2) is 4.79 Å². The summed E-state index contributed by atoms with van der Waals surface area (Å²) in [5.41, 5.74) is 2.55. The maximum atomic E-state index is 11.7. The molecule has 0 bridgehead atoms. The van der Waals surface area contributed by atoms with E-state index < -0.39 is 5.97 Å². The summed E-state index contributed by atoms with van der Waals surface area (Å²) in [6, 6.07) is 19.9. The number of rotatable bonds is 5. The second kappa shape index (κ2) is 9.44. The first-order valence-electron chi connectivity index (χ1n) is 7.61. The lowest BCUT2D eigenvalue weighted by Gasteiger charge is -2.06. The smallest absolute Gasteiger partial charge is 0.332 e. The zero-order valence-electron chi connectivity index (χ0n) is 13.4. The Bertz CT molecular complexity index is 756. The molecule has 0 saturated heterocycles. The third kappa shape index (κ3) is 5.83. The number of nitrogens with one attached hydrogen (secondary N) is 1. The first kappa shape index (κ1) is 17.7. The second-order valence-electron chi connectivity index (χ2n) is 4.91. The average molecular weight is 340 g/mol. The van der Waals surface area contributed by atoms with Crippen LogP contribution in [0.1, 0.15) is 18.1 Å². The Morgan fingerprint density at radius 3 is 2.54 bits per heavy atom. The molecular weight excluding hydrogens is 322 g/mol. The molecule has 1 N–H and O–H groups in total. The number of esters is 1. The summed E-state index contributed by atoms with van der Waals surface area (Å²) in [6.45, 7) is 2.10. The molecule has 0 aromatic heterocycles. The van der Waals surface area contributed by atoms with Crippen LogP contribution in [0.2, 0.25) is 5.02 Å². The highest BCUT2D eigenvalue weighted by atomic mass is 35.5. The SMILES string of the molecule is CCOC(=O)/C=C(\NC#CCc1ccc(Cl)cc1)c1ccccc1. The average Bonchev–Trinajstić information content (AvgIpc) is 2.60. The third-order valence-electron chi connectivity index (χ3n) is 3.12. The summed E-state index contributed by atoms with van der Waals surface area (Å²) < 4.78 is 4.96. The highest BCUT2D eigenvalue weighted by molar-refractivity contribution is 6.30. The maximum absolute atomic E-state index is 11.7. The summed E-state index contributed by atoms with van der Waals surface area (Å²) in [4.78, 5) is 11.7. The summed E-state index contributed by atoms with van der Waals surface area (Å²) in [6.07, 6.45) is 2.00. The van der Waals surface area contributed by atoms with E-state index in [4.69, 9.17) is 16.3 Å². The van der Waals surface area contributed by atoms with Gasteiger partial charge in [-0.05, 0) is 30.2 Å². The van der Waals surface area contributed by atoms with Crippen molar-refractivity contribution >= 4 is 23.3 Å². The van der Waals surface area contributed by atoms with Gasteiger partial charge in [0.1, 0.15) is 0 Å². The van der Waals surface area contributed by atoms with Crippen LogP contribution in [-0.2, 0) is 16.0 Å². The number of carbonyl (C=O) groups is 1. The molecule has 0 aliphatic heterocycles. The van der Waals surface area contributed by atoms with Gasteiger partial charge in [-0.15, -0.1) is 0 Å². The molecule has 0 unspecified atom stereocenters. The first-order valence-corrected chi connectivity index (χ1v) is 7.99. The molecule has 0 saturated carbocycles. The van der Waals surface area contributed by atoms with Gasteiger partial charge >= 0.3 is 5.97 Å². The summed E-state index contributed by atoms with van der Waals surface area (Å²) in [7, 11) is 0. The molecule has 4 heteroatoms. The van der Waals surface area contributed by atoms with Crippen molar-refractivity contribution in [2.24, 2.45) is 0 Å². The third-order valence-corrected chi connectivity index (χ3v) is 3.38. The van der Waals surface area contributed by atoms with Crippen LogP contribution in [0, 0.1) is 12.0 Å². The van der Waals surface area contributed by atoms with Crippen molar-refractivity contribution in [3.63, 3.8) is 0 Å². The van der Waals surface area contributed by atoms with Crippen molar-refractivity contribution < 1.29 is 9.53 Å². The largest absolute Gasteiger partial charge is 0.463 e. The molecule has 2 aromatic carbocycles. The highest BCUT2D eigenvalue weighted by Crippen LogP contribution is 2.11. The van der Waals surface area contributed by atoms with Crippen molar-refractivity contribution in [1.29, 1.82) is 0 Å². The highest BCUT2D eigenvalue weighted by Gasteiger charge is 2.04. The second-order valence-corrected chi connectivity index (χ2v) is 5.34. The number of benzene rings is 2. The minimum Gasteiger partial charge on any atom is -0.463 e. The quantitative estimate of drug-likeness (QED) is 0.387. The van der Waals surface area contributed by atoms with Crippen LogP contribution < -0.4 is 5.32 Å². The van der Waals surface area contributed by atoms with E-state index in [1.807, 2.05) is 54.6 Å². The molecule has 3 nitrogen and oxygen atoms in total. The van der Waals surface area contributed by atoms with Gasteiger partial charge in [0.2, 0.25) is 0 Å². The van der Waals surface area contributed by atoms with E-state index in [1.165, 1.54) is 6.08 Å². The van der Waals surface area contributed by atoms with Crippen LogP contribution in [-0.4, -0.2) is 12.6 Å². The van der Waals surface area contributed by atoms with Gasteiger partial charge < -0.3 is 10.1 Å². The van der Waals surface area contributed by atoms with Crippen molar-refractivity contribution in [3.8, 4) is 12.0 Å². The van der Waals surface area contributed by atoms with Gasteiger partial charge in [-0.3, -0.25) is 0 Å². The van der Waals surface area contributed by atoms with Crippen molar-refractivity contribution in [2.75, 3.05) is 6.61 Å². The minimum absolute atomic E-state index is 0.333. The van der Waals surface area contributed by atoms with Crippen LogP contribution >= 0.6 is 11.6 Å². The van der Waals surface area contributed by atoms with E-state index in [0.29, 0.717) is 23.7 Å². The van der Waals surface area contributed by atoms with Crippen LogP contribution in [0.15, 0.2) is 60.7 Å². The lowest BCUT2D eigenvalue weighted by molar-refractivity contribution is -0.137. The predicted octanol–water partition coefficient (Wildman–Crippen LogP) is 4.04. The molecule has 0 radical (unpaired) electrons. The van der Waals surface area contributed by atoms with Crippen LogP contribution in [0.3, 0.4) is 0 Å². The Hall–Kier alpha value is -2.70. The molecule has 2 aromatic rings. The molecule has 0 heterocycles. The fraction of sp³-hybridized carbons (Fsp3) is 0.150. The van der Waals surface area contributed by atoms with Gasteiger partial charge in [0.05, 0.1) is 12.3 Å². The maximum Gasteiger partial charge on any atom is 0.332 e. The molecular formula is C20H18ClNO2. The molecule has 0 aliphatic carbocycles. The monoisotopic (exact) mass is 339 g/mol. The lowest BCUT2D eigenvalue weighted by Crippen LogP contribution is -2.09. The number of carbonyl (C=O) groups excluding carboxylic acids is 1. The van der Waals surface area contributed by atoms with Gasteiger partial charge in [0.15, 0.2) is 0 Å². The Morgan fingerprint density at radius 2 is 1.88 bits per heavy atom. The minimum atomic E-state index is -0.400. The van der Waals surface area contributed by atoms with E-state index in [9.17, 15) is 4.79 Å². The number of ether oxygens (including phenoxy) is 1. The molecule has 2 rings (SSSR count). The fourth-order valence-corrected chi connectivity index (χ4v) is 2.10. The summed E-state index contributed by atoms with van der Waals surface area (Å²) in [5, 5.41) is 3.68. The van der Waals surface area contributed by atoms with Crippen molar-refractivity contribution in [2.45, 2.75) is 13.3 Å². The number of halogens is 1. The van der Waals surface area contributed by atoms with E-state index in [1.54, 1.807) is 6.92 Å². The Balaban J connectivity index is 2.07. The summed E-state index contributed by atoms with van der Waals surface area (Å²) in [5.74, 6) is 2.63. The molecule has 0 aliphatic rings. The molecule has 0 fully saturated rings. The molecule has 0 amide bonds. The molecule has 122 valence electrons. The van der Waals surface area contributed by atoms with Gasteiger partial charge in [0, 0.05) is 23.6 Å². The Kier molecular flexibility index (Phi) is 6.94. The first-order chi connectivity index (χ1) is 11.7. The van der Waals surface area contributed by atoms with Crippen LogP contribution in [0.4, 0.5) is 0 Å². The zero-order valence-corrected chi connectivity index (χ0v) is 14.1. The zero-order chi connectivity index (χ0) is 17.2. The topological polar surface area (TPSA) is 38.3 Å². The van der Waals surface area contributed by atoms with E-state index in [-0.39, 0.29) is 0 Å². The van der Waals surface area contributed by atoms with Crippen molar-refractivity contribution in [1.82, 2.24) is 5.32 Å². The standard InChI is InChI=1S/C20H18ClNO2/c1-2-24-20(23)15-19(17-8-4-3-5-9-17)22-14-6-7-16-10-12-18(21)13-11-16/h3-5,8-13,15,22H,2,7H2,1H3/b19-15-. The van der Waals surface area contributed by atoms with Gasteiger partial charge in [-0.1, -0.05) is 60.0 Å². The lowest BCUT2D eigenvalue weighted by atomic mass is 10.1. The summed E-state index contributed by atoms with van der Waals surface area (Å²) >= 11 is 5.86. The molecule has 0 spiro atoms. The van der Waals surface area contributed by atoms with Crippen molar-refractivity contribution in [3.05, 3.63) is 76.8 Å². The normalized spacial score (nSPS) is 10.5. The molecule has 0 atom stereocenters. The van der Waals surface area contributed by atoms with Gasteiger partial charge in [0.25, 0.3) is 0 Å². The van der Waals surface area contributed by atoms with E-state index in [2.05, 4.69) is 17.3 Å². The number of hydrogen-bond donors (Lipinski definition) is 1. The van der Waals surface area contributed by atoms with Gasteiger partial charge in [-0.2, -0.15) is 0 Å². The Labute approximate surface area is 147 Å². The molecule has 24 heavy (non-hydrogen) atoms.